The lowest BCUT2D eigenvalue weighted by molar-refractivity contribution is -0.115. The number of anilines is 1. The van der Waals surface area contributed by atoms with Crippen LogP contribution in [0.2, 0.25) is 0 Å². The van der Waals surface area contributed by atoms with Gasteiger partial charge < -0.3 is 16.0 Å². The third-order valence-electron chi connectivity index (χ3n) is 2.78. The molecule has 5 nitrogen and oxygen atoms in total. The molecule has 0 bridgehead atoms. The van der Waals surface area contributed by atoms with Gasteiger partial charge in [-0.1, -0.05) is 13.8 Å². The molecule has 1 aromatic carbocycles. The zero-order valence-corrected chi connectivity index (χ0v) is 15.5. The van der Waals surface area contributed by atoms with Crippen LogP contribution in [0.3, 0.4) is 0 Å². The van der Waals surface area contributed by atoms with E-state index < -0.39 is 0 Å². The molecule has 22 heavy (non-hydrogen) atoms. The van der Waals surface area contributed by atoms with E-state index in [0.29, 0.717) is 17.6 Å². The standard InChI is InChI=1S/C15H23FN4O.HI/c1-11(2)8-9-18-15(17-3)19-10-14(21)20-13-6-4-12(16)5-7-13;/h4-7,11H,8-10H2,1-3H3,(H,20,21)(H2,17,18,19);1H. The third kappa shape index (κ3) is 8.81. The molecule has 3 N–H and O–H groups in total. The average Bonchev–Trinajstić information content (AvgIpc) is 2.44. The predicted molar refractivity (Wildman–Crippen MR) is 99.3 cm³/mol. The zero-order valence-electron chi connectivity index (χ0n) is 13.1. The van der Waals surface area contributed by atoms with Gasteiger partial charge in [0.05, 0.1) is 6.54 Å². The van der Waals surface area contributed by atoms with Crippen molar-refractivity contribution in [3.63, 3.8) is 0 Å². The molecule has 0 unspecified atom stereocenters. The van der Waals surface area contributed by atoms with E-state index in [1.54, 1.807) is 7.05 Å². The Kier molecular flexibility index (Phi) is 10.5. The molecule has 0 saturated carbocycles. The second-order valence-electron chi connectivity index (χ2n) is 5.09. The van der Waals surface area contributed by atoms with Crippen molar-refractivity contribution >= 4 is 41.5 Å². The van der Waals surface area contributed by atoms with Crippen molar-refractivity contribution < 1.29 is 9.18 Å². The Hall–Kier alpha value is -1.38. The molecule has 0 radical (unpaired) electrons. The van der Waals surface area contributed by atoms with Crippen LogP contribution in [0.4, 0.5) is 10.1 Å². The fourth-order valence-corrected chi connectivity index (χ4v) is 1.60. The third-order valence-corrected chi connectivity index (χ3v) is 2.78. The van der Waals surface area contributed by atoms with Gasteiger partial charge in [-0.15, -0.1) is 24.0 Å². The Balaban J connectivity index is 0.00000441. The molecule has 1 rings (SSSR count). The topological polar surface area (TPSA) is 65.5 Å². The number of carbonyl (C=O) groups excluding carboxylic acids is 1. The second kappa shape index (κ2) is 11.2. The summed E-state index contributed by atoms with van der Waals surface area (Å²) in [5.74, 6) is 0.650. The van der Waals surface area contributed by atoms with Gasteiger partial charge in [-0.05, 0) is 36.6 Å². The summed E-state index contributed by atoms with van der Waals surface area (Å²) >= 11 is 0. The maximum Gasteiger partial charge on any atom is 0.243 e. The molecule has 1 amide bonds. The molecule has 0 aliphatic heterocycles. The Morgan fingerprint density at radius 1 is 1.23 bits per heavy atom. The number of benzene rings is 1. The number of halogens is 2. The molecule has 124 valence electrons. The van der Waals surface area contributed by atoms with Crippen LogP contribution < -0.4 is 16.0 Å². The summed E-state index contributed by atoms with van der Waals surface area (Å²) in [6.07, 6.45) is 1.03. The molecular weight excluding hydrogens is 398 g/mol. The largest absolute Gasteiger partial charge is 0.356 e. The summed E-state index contributed by atoms with van der Waals surface area (Å²) in [5, 5.41) is 8.74. The van der Waals surface area contributed by atoms with Crippen molar-refractivity contribution in [2.45, 2.75) is 20.3 Å². The summed E-state index contributed by atoms with van der Waals surface area (Å²) in [4.78, 5) is 15.8. The highest BCUT2D eigenvalue weighted by molar-refractivity contribution is 14.0. The van der Waals surface area contributed by atoms with Gasteiger partial charge in [0.25, 0.3) is 0 Å². The molecule has 0 fully saturated rings. The number of rotatable bonds is 6. The molecule has 0 spiro atoms. The van der Waals surface area contributed by atoms with Crippen molar-refractivity contribution in [2.24, 2.45) is 10.9 Å². The molecule has 1 aromatic rings. The van der Waals surface area contributed by atoms with Crippen LogP contribution in [0.1, 0.15) is 20.3 Å². The average molecular weight is 422 g/mol. The lowest BCUT2D eigenvalue weighted by atomic mass is 10.1. The maximum absolute atomic E-state index is 12.7. The number of guanidine groups is 1. The highest BCUT2D eigenvalue weighted by Crippen LogP contribution is 2.07. The van der Waals surface area contributed by atoms with Crippen LogP contribution in [0, 0.1) is 11.7 Å². The molecule has 0 heterocycles. The first-order valence-electron chi connectivity index (χ1n) is 7.01. The normalized spacial score (nSPS) is 10.9. The van der Waals surface area contributed by atoms with Crippen LogP contribution in [-0.4, -0.2) is 32.0 Å². The number of nitrogens with one attached hydrogen (secondary N) is 3. The fourth-order valence-electron chi connectivity index (χ4n) is 1.60. The lowest BCUT2D eigenvalue weighted by Gasteiger charge is -2.12. The Bertz CT molecular complexity index is 477. The van der Waals surface area contributed by atoms with Crippen molar-refractivity contribution in [1.82, 2.24) is 10.6 Å². The monoisotopic (exact) mass is 422 g/mol. The SMILES string of the molecule is CN=C(NCCC(C)C)NCC(=O)Nc1ccc(F)cc1.I. The van der Waals surface area contributed by atoms with Gasteiger partial charge in [0.2, 0.25) is 5.91 Å². The van der Waals surface area contributed by atoms with E-state index in [2.05, 4.69) is 34.8 Å². The molecule has 0 aromatic heterocycles. The van der Waals surface area contributed by atoms with E-state index in [-0.39, 0.29) is 42.2 Å². The highest BCUT2D eigenvalue weighted by Gasteiger charge is 2.04. The van der Waals surface area contributed by atoms with Gasteiger partial charge in [-0.2, -0.15) is 0 Å². The van der Waals surface area contributed by atoms with E-state index >= 15 is 0 Å². The molecule has 0 saturated heterocycles. The fraction of sp³-hybridized carbons (Fsp3) is 0.467. The van der Waals surface area contributed by atoms with Crippen LogP contribution >= 0.6 is 24.0 Å². The predicted octanol–water partition coefficient (Wildman–Crippen LogP) is 2.59. The number of amides is 1. The minimum Gasteiger partial charge on any atom is -0.356 e. The smallest absolute Gasteiger partial charge is 0.243 e. The van der Waals surface area contributed by atoms with Crippen molar-refractivity contribution in [3.05, 3.63) is 30.1 Å². The number of hydrogen-bond acceptors (Lipinski definition) is 2. The van der Waals surface area contributed by atoms with E-state index in [1.165, 1.54) is 24.3 Å². The van der Waals surface area contributed by atoms with Gasteiger partial charge in [-0.3, -0.25) is 9.79 Å². The molecular formula is C15H24FIN4O. The van der Waals surface area contributed by atoms with E-state index in [9.17, 15) is 9.18 Å². The molecule has 0 aliphatic carbocycles. The van der Waals surface area contributed by atoms with Crippen LogP contribution in [0.25, 0.3) is 0 Å². The first kappa shape index (κ1) is 20.6. The van der Waals surface area contributed by atoms with Crippen molar-refractivity contribution in [3.8, 4) is 0 Å². The zero-order chi connectivity index (χ0) is 15.7. The Morgan fingerprint density at radius 2 is 1.86 bits per heavy atom. The van der Waals surface area contributed by atoms with E-state index in [4.69, 9.17) is 0 Å². The highest BCUT2D eigenvalue weighted by atomic mass is 127. The van der Waals surface area contributed by atoms with Crippen molar-refractivity contribution in [1.29, 1.82) is 0 Å². The molecule has 0 atom stereocenters. The van der Waals surface area contributed by atoms with Crippen LogP contribution in [0.5, 0.6) is 0 Å². The van der Waals surface area contributed by atoms with Gasteiger partial charge in [-0.25, -0.2) is 4.39 Å². The van der Waals surface area contributed by atoms with Gasteiger partial charge in [0, 0.05) is 19.3 Å². The summed E-state index contributed by atoms with van der Waals surface area (Å²) in [6, 6.07) is 5.64. The maximum atomic E-state index is 12.7. The minimum absolute atomic E-state index is 0. The number of hydrogen-bond donors (Lipinski definition) is 3. The number of nitrogens with zero attached hydrogens (tertiary/aromatic N) is 1. The van der Waals surface area contributed by atoms with Gasteiger partial charge in [0.15, 0.2) is 5.96 Å². The molecule has 7 heteroatoms. The second-order valence-corrected chi connectivity index (χ2v) is 5.09. The van der Waals surface area contributed by atoms with Crippen LogP contribution in [0.15, 0.2) is 29.3 Å². The van der Waals surface area contributed by atoms with Gasteiger partial charge in [0.1, 0.15) is 5.82 Å². The van der Waals surface area contributed by atoms with Crippen LogP contribution in [-0.2, 0) is 4.79 Å². The summed E-state index contributed by atoms with van der Waals surface area (Å²) in [5.41, 5.74) is 0.561. The Morgan fingerprint density at radius 3 is 2.41 bits per heavy atom. The first-order valence-corrected chi connectivity index (χ1v) is 7.01. The lowest BCUT2D eigenvalue weighted by Crippen LogP contribution is -2.41. The van der Waals surface area contributed by atoms with Gasteiger partial charge >= 0.3 is 0 Å². The number of aliphatic imine (C=N–C) groups is 1. The summed E-state index contributed by atoms with van der Waals surface area (Å²) in [7, 11) is 1.66. The summed E-state index contributed by atoms with van der Waals surface area (Å²) < 4.78 is 12.7. The van der Waals surface area contributed by atoms with E-state index in [0.717, 1.165) is 13.0 Å². The van der Waals surface area contributed by atoms with Crippen molar-refractivity contribution in [2.75, 3.05) is 25.5 Å². The Labute approximate surface area is 148 Å². The molecule has 0 aliphatic rings. The summed E-state index contributed by atoms with van der Waals surface area (Å²) in [6.45, 7) is 5.19. The minimum atomic E-state index is -0.333. The number of carbonyl (C=O) groups is 1. The first-order chi connectivity index (χ1) is 10.0. The quantitative estimate of drug-likeness (QED) is 0.375. The van der Waals surface area contributed by atoms with E-state index in [1.807, 2.05) is 0 Å².